The van der Waals surface area contributed by atoms with E-state index in [4.69, 9.17) is 19.3 Å². The molecule has 0 spiro atoms. The standard InChI is InChI=1S/C26H35NO8/c1-6-27(7-2)20(28)9-8-10-22(31)35-25-18(13-11-16(3)12-14-21(29)30)24(33-5)17(4)19-15-34-26(32)23(19)25/h11H,6-10,12-15H2,1-5H3,(H,29,30)/b16-11+. The van der Waals surface area contributed by atoms with E-state index in [2.05, 4.69) is 0 Å². The molecule has 0 fully saturated rings. The fraction of sp³-hybridized carbons (Fsp3) is 0.538. The molecule has 35 heavy (non-hydrogen) atoms. The van der Waals surface area contributed by atoms with Gasteiger partial charge in [0.2, 0.25) is 5.91 Å². The number of cyclic esters (lactones) is 1. The van der Waals surface area contributed by atoms with Gasteiger partial charge in [0.1, 0.15) is 17.9 Å². The number of carbonyl (C=O) groups excluding carboxylic acids is 3. The second-order valence-electron chi connectivity index (χ2n) is 8.44. The molecule has 0 atom stereocenters. The first-order chi connectivity index (χ1) is 16.6. The van der Waals surface area contributed by atoms with E-state index in [9.17, 15) is 19.2 Å². The van der Waals surface area contributed by atoms with Crippen molar-refractivity contribution < 1.29 is 38.5 Å². The summed E-state index contributed by atoms with van der Waals surface area (Å²) < 4.78 is 16.6. The minimum Gasteiger partial charge on any atom is -0.496 e. The van der Waals surface area contributed by atoms with Crippen LogP contribution in [0.2, 0.25) is 0 Å². The average molecular weight is 490 g/mol. The van der Waals surface area contributed by atoms with Crippen LogP contribution < -0.4 is 9.47 Å². The Morgan fingerprint density at radius 2 is 1.77 bits per heavy atom. The lowest BCUT2D eigenvalue weighted by atomic mass is 9.94. The van der Waals surface area contributed by atoms with Crippen molar-refractivity contribution in [3.8, 4) is 11.5 Å². The van der Waals surface area contributed by atoms with Crippen molar-refractivity contribution in [3.05, 3.63) is 33.9 Å². The van der Waals surface area contributed by atoms with Crippen LogP contribution in [0.15, 0.2) is 11.6 Å². The van der Waals surface area contributed by atoms with E-state index in [1.54, 1.807) is 4.90 Å². The molecule has 0 saturated carbocycles. The van der Waals surface area contributed by atoms with Gasteiger partial charge in [-0.1, -0.05) is 11.6 Å². The highest BCUT2D eigenvalue weighted by Crippen LogP contribution is 2.43. The van der Waals surface area contributed by atoms with Gasteiger partial charge in [-0.25, -0.2) is 4.79 Å². The number of allylic oxidation sites excluding steroid dienone is 2. The SMILES string of the molecule is CCN(CC)C(=O)CCCC(=O)Oc1c(C/C=C(\C)CCC(=O)O)c(OC)c(C)c2c1C(=O)OC2. The van der Waals surface area contributed by atoms with Crippen molar-refractivity contribution in [2.24, 2.45) is 0 Å². The third-order valence-electron chi connectivity index (χ3n) is 6.12. The molecule has 0 bridgehead atoms. The highest BCUT2D eigenvalue weighted by atomic mass is 16.6. The number of aliphatic carboxylic acids is 1. The van der Waals surface area contributed by atoms with Crippen molar-refractivity contribution in [2.45, 2.75) is 72.8 Å². The normalized spacial score (nSPS) is 12.7. The van der Waals surface area contributed by atoms with E-state index in [1.165, 1.54) is 7.11 Å². The highest BCUT2D eigenvalue weighted by molar-refractivity contribution is 5.99. The zero-order valence-corrected chi connectivity index (χ0v) is 21.2. The van der Waals surface area contributed by atoms with Gasteiger partial charge < -0.3 is 24.2 Å². The Balaban J connectivity index is 2.31. The van der Waals surface area contributed by atoms with E-state index in [-0.39, 0.29) is 49.5 Å². The predicted molar refractivity (Wildman–Crippen MR) is 129 cm³/mol. The molecule has 0 saturated heterocycles. The number of benzene rings is 1. The summed E-state index contributed by atoms with van der Waals surface area (Å²) in [5, 5.41) is 8.93. The third kappa shape index (κ3) is 7.07. The lowest BCUT2D eigenvalue weighted by molar-refractivity contribution is -0.137. The summed E-state index contributed by atoms with van der Waals surface area (Å²) in [5.74, 6) is -1.44. The Morgan fingerprint density at radius 3 is 2.37 bits per heavy atom. The lowest BCUT2D eigenvalue weighted by Crippen LogP contribution is -2.30. The maximum atomic E-state index is 12.7. The van der Waals surface area contributed by atoms with E-state index in [0.717, 1.165) is 11.1 Å². The van der Waals surface area contributed by atoms with Crippen molar-refractivity contribution in [2.75, 3.05) is 20.2 Å². The Kier molecular flexibility index (Phi) is 10.3. The predicted octanol–water partition coefficient (Wildman–Crippen LogP) is 3.97. The first-order valence-corrected chi connectivity index (χ1v) is 11.9. The fourth-order valence-corrected chi connectivity index (χ4v) is 4.09. The second kappa shape index (κ2) is 12.9. The first kappa shape index (κ1) is 27.9. The summed E-state index contributed by atoms with van der Waals surface area (Å²) in [6.45, 7) is 8.73. The molecule has 1 N–H and O–H groups in total. The molecule has 1 heterocycles. The van der Waals surface area contributed by atoms with Crippen LogP contribution >= 0.6 is 0 Å². The number of fused-ring (bicyclic) bond motifs is 1. The molecular formula is C26H35NO8. The number of carbonyl (C=O) groups is 4. The molecule has 1 aliphatic heterocycles. The number of hydrogen-bond donors (Lipinski definition) is 1. The molecule has 0 unspecified atom stereocenters. The molecule has 0 radical (unpaired) electrons. The van der Waals surface area contributed by atoms with Crippen LogP contribution in [0.5, 0.6) is 11.5 Å². The maximum absolute atomic E-state index is 12.7. The summed E-state index contributed by atoms with van der Waals surface area (Å²) in [6, 6.07) is 0. The molecule has 192 valence electrons. The topological polar surface area (TPSA) is 119 Å². The van der Waals surface area contributed by atoms with Crippen LogP contribution in [0.3, 0.4) is 0 Å². The summed E-state index contributed by atoms with van der Waals surface area (Å²) >= 11 is 0. The molecule has 0 aromatic heterocycles. The number of rotatable bonds is 13. The Bertz CT molecular complexity index is 1010. The first-order valence-electron chi connectivity index (χ1n) is 11.9. The summed E-state index contributed by atoms with van der Waals surface area (Å²) in [6.07, 6.45) is 3.06. The van der Waals surface area contributed by atoms with Crippen LogP contribution in [0.4, 0.5) is 0 Å². The van der Waals surface area contributed by atoms with Gasteiger partial charge in [-0.05, 0) is 52.5 Å². The number of ether oxygens (including phenoxy) is 3. The van der Waals surface area contributed by atoms with Crippen LogP contribution in [-0.2, 0) is 32.1 Å². The molecule has 0 aliphatic carbocycles. The zero-order chi connectivity index (χ0) is 26.1. The molecular weight excluding hydrogens is 454 g/mol. The largest absolute Gasteiger partial charge is 0.496 e. The monoisotopic (exact) mass is 489 g/mol. The number of carboxylic acids is 1. The summed E-state index contributed by atoms with van der Waals surface area (Å²) in [5.41, 5.74) is 2.92. The van der Waals surface area contributed by atoms with Crippen molar-refractivity contribution >= 4 is 23.8 Å². The zero-order valence-electron chi connectivity index (χ0n) is 21.2. The smallest absolute Gasteiger partial charge is 0.342 e. The van der Waals surface area contributed by atoms with Crippen LogP contribution in [-0.4, -0.2) is 54.0 Å². The van der Waals surface area contributed by atoms with E-state index < -0.39 is 17.9 Å². The van der Waals surface area contributed by atoms with Gasteiger partial charge in [0, 0.05) is 43.5 Å². The van der Waals surface area contributed by atoms with Gasteiger partial charge in [0.25, 0.3) is 0 Å². The molecule has 9 nitrogen and oxygen atoms in total. The summed E-state index contributed by atoms with van der Waals surface area (Å²) in [7, 11) is 1.50. The number of amides is 1. The van der Waals surface area contributed by atoms with Gasteiger partial charge in [0.05, 0.1) is 7.11 Å². The minimum atomic E-state index is -0.888. The average Bonchev–Trinajstić information content (AvgIpc) is 3.20. The van der Waals surface area contributed by atoms with Gasteiger partial charge in [0.15, 0.2) is 5.75 Å². The molecule has 1 amide bonds. The van der Waals surface area contributed by atoms with Gasteiger partial charge in [-0.2, -0.15) is 0 Å². The van der Waals surface area contributed by atoms with E-state index in [0.29, 0.717) is 42.8 Å². The Hall–Kier alpha value is -3.36. The summed E-state index contributed by atoms with van der Waals surface area (Å²) in [4.78, 5) is 50.1. The van der Waals surface area contributed by atoms with Gasteiger partial charge >= 0.3 is 17.9 Å². The Labute approximate surface area is 206 Å². The van der Waals surface area contributed by atoms with Crippen molar-refractivity contribution in [1.29, 1.82) is 0 Å². The number of methoxy groups -OCH3 is 1. The van der Waals surface area contributed by atoms with Crippen LogP contribution in [0.25, 0.3) is 0 Å². The molecule has 1 aromatic rings. The van der Waals surface area contributed by atoms with Gasteiger partial charge in [-0.15, -0.1) is 0 Å². The number of hydrogen-bond acceptors (Lipinski definition) is 7. The number of esters is 2. The van der Waals surface area contributed by atoms with Crippen LogP contribution in [0, 0.1) is 6.92 Å². The van der Waals surface area contributed by atoms with Crippen LogP contribution in [0.1, 0.15) is 79.9 Å². The molecule has 1 aliphatic rings. The molecule has 1 aromatic carbocycles. The lowest BCUT2D eigenvalue weighted by Gasteiger charge is -2.19. The molecule has 9 heteroatoms. The van der Waals surface area contributed by atoms with Crippen molar-refractivity contribution in [1.82, 2.24) is 4.90 Å². The second-order valence-corrected chi connectivity index (χ2v) is 8.44. The van der Waals surface area contributed by atoms with E-state index in [1.807, 2.05) is 33.8 Å². The number of carboxylic acid groups (broad SMARTS) is 1. The van der Waals surface area contributed by atoms with E-state index >= 15 is 0 Å². The highest BCUT2D eigenvalue weighted by Gasteiger charge is 2.34. The molecule has 2 rings (SSSR count). The van der Waals surface area contributed by atoms with Gasteiger partial charge in [-0.3, -0.25) is 14.4 Å². The fourth-order valence-electron chi connectivity index (χ4n) is 4.09. The minimum absolute atomic E-state index is 0.00304. The maximum Gasteiger partial charge on any atom is 0.342 e. The Morgan fingerprint density at radius 1 is 1.09 bits per heavy atom. The third-order valence-corrected chi connectivity index (χ3v) is 6.12. The number of nitrogens with zero attached hydrogens (tertiary/aromatic N) is 1. The van der Waals surface area contributed by atoms with Crippen molar-refractivity contribution in [3.63, 3.8) is 0 Å². The quantitative estimate of drug-likeness (QED) is 0.251.